The van der Waals surface area contributed by atoms with Crippen molar-refractivity contribution >= 4 is 33.8 Å². The fraction of sp³-hybridized carbons (Fsp3) is 0.333. The van der Waals surface area contributed by atoms with E-state index < -0.39 is 5.97 Å². The molecule has 4 rings (SSSR count). The Hall–Kier alpha value is -3.94. The van der Waals surface area contributed by atoms with E-state index in [1.54, 1.807) is 25.3 Å². The molecule has 0 fully saturated rings. The molecule has 8 heteroatoms. The molecule has 0 aliphatic heterocycles. The van der Waals surface area contributed by atoms with Crippen LogP contribution in [0.3, 0.4) is 0 Å². The van der Waals surface area contributed by atoms with Crippen molar-refractivity contribution in [2.75, 3.05) is 7.11 Å². The molecule has 0 aliphatic rings. The van der Waals surface area contributed by atoms with Gasteiger partial charge in [-0.05, 0) is 57.0 Å². The molecule has 0 saturated carbocycles. The molecule has 0 bridgehead atoms. The number of aryl methyl sites for hydroxylation is 2. The van der Waals surface area contributed by atoms with E-state index in [1.165, 1.54) is 6.92 Å². The van der Waals surface area contributed by atoms with E-state index in [0.29, 0.717) is 34.9 Å². The summed E-state index contributed by atoms with van der Waals surface area (Å²) < 4.78 is 15.0. The molecule has 0 atom stereocenters. The molecule has 35 heavy (non-hydrogen) atoms. The van der Waals surface area contributed by atoms with Crippen LogP contribution in [-0.2, 0) is 18.3 Å². The topological polar surface area (TPSA) is 88.2 Å². The van der Waals surface area contributed by atoms with E-state index in [4.69, 9.17) is 14.5 Å². The van der Waals surface area contributed by atoms with Gasteiger partial charge in [-0.3, -0.25) is 4.79 Å². The first-order valence-corrected chi connectivity index (χ1v) is 11.6. The number of rotatable bonds is 9. The number of allylic oxidation sites excluding steroid dienone is 1. The van der Waals surface area contributed by atoms with E-state index in [2.05, 4.69) is 16.1 Å². The van der Waals surface area contributed by atoms with Gasteiger partial charge in [0, 0.05) is 25.9 Å². The summed E-state index contributed by atoms with van der Waals surface area (Å²) in [6.45, 7) is 9.64. The van der Waals surface area contributed by atoms with Crippen LogP contribution in [0.1, 0.15) is 54.5 Å². The third-order valence-corrected chi connectivity index (χ3v) is 5.86. The molecule has 0 radical (unpaired) electrons. The highest BCUT2D eigenvalue weighted by molar-refractivity contribution is 5.98. The highest BCUT2D eigenvalue weighted by Crippen LogP contribution is 2.34. The first kappa shape index (κ1) is 24.2. The Bertz CT molecular complexity index is 1440. The lowest BCUT2D eigenvalue weighted by molar-refractivity contribution is 0.0377. The molecule has 0 aliphatic carbocycles. The fourth-order valence-electron chi connectivity index (χ4n) is 4.22. The second-order valence-corrected chi connectivity index (χ2v) is 8.77. The molecule has 182 valence electrons. The summed E-state index contributed by atoms with van der Waals surface area (Å²) in [5, 5.41) is 0.920. The van der Waals surface area contributed by atoms with E-state index in [-0.39, 0.29) is 11.9 Å². The number of carbonyl (C=O) groups excluding carboxylic acids is 2. The predicted molar refractivity (Wildman–Crippen MR) is 136 cm³/mol. The Morgan fingerprint density at radius 2 is 1.94 bits per heavy atom. The van der Waals surface area contributed by atoms with Gasteiger partial charge in [0.1, 0.15) is 22.6 Å². The fourth-order valence-corrected chi connectivity index (χ4v) is 4.22. The maximum atomic E-state index is 12.6. The summed E-state index contributed by atoms with van der Waals surface area (Å²) in [5.41, 5.74) is 3.79. The van der Waals surface area contributed by atoms with Crippen LogP contribution in [0, 0.1) is 0 Å². The lowest BCUT2D eigenvalue weighted by Gasteiger charge is -2.11. The van der Waals surface area contributed by atoms with Gasteiger partial charge in [-0.25, -0.2) is 14.8 Å². The number of hydrogen-bond donors (Lipinski definition) is 0. The van der Waals surface area contributed by atoms with Gasteiger partial charge in [0.05, 0.1) is 30.0 Å². The number of methoxy groups -OCH3 is 1. The van der Waals surface area contributed by atoms with Gasteiger partial charge in [-0.15, -0.1) is 6.58 Å². The number of nitrogens with zero attached hydrogens (tertiary/aromatic N) is 4. The Labute approximate surface area is 204 Å². The Kier molecular flexibility index (Phi) is 6.73. The first-order valence-electron chi connectivity index (χ1n) is 11.6. The third-order valence-electron chi connectivity index (χ3n) is 5.86. The summed E-state index contributed by atoms with van der Waals surface area (Å²) in [6.07, 6.45) is 3.37. The van der Waals surface area contributed by atoms with Crippen molar-refractivity contribution in [3.8, 4) is 17.3 Å². The lowest BCUT2D eigenvalue weighted by Crippen LogP contribution is -2.11. The molecule has 1 aromatic carbocycles. The second kappa shape index (κ2) is 9.74. The zero-order valence-corrected chi connectivity index (χ0v) is 20.8. The van der Waals surface area contributed by atoms with Crippen LogP contribution in [-0.4, -0.2) is 44.1 Å². The zero-order chi connectivity index (χ0) is 25.3. The van der Waals surface area contributed by atoms with Crippen molar-refractivity contribution in [3.63, 3.8) is 0 Å². The molecule has 0 spiro atoms. The molecule has 8 nitrogen and oxygen atoms in total. The maximum Gasteiger partial charge on any atom is 0.338 e. The summed E-state index contributed by atoms with van der Waals surface area (Å²) >= 11 is 0. The maximum absolute atomic E-state index is 12.6. The molecule has 4 aromatic rings. The van der Waals surface area contributed by atoms with E-state index in [0.717, 1.165) is 35.1 Å². The highest BCUT2D eigenvalue weighted by Gasteiger charge is 2.22. The molecule has 0 amide bonds. The third kappa shape index (κ3) is 4.56. The predicted octanol–water partition coefficient (Wildman–Crippen LogP) is 5.33. The van der Waals surface area contributed by atoms with Crippen LogP contribution in [0.2, 0.25) is 0 Å². The van der Waals surface area contributed by atoms with E-state index in [9.17, 15) is 9.59 Å². The highest BCUT2D eigenvalue weighted by atomic mass is 16.5. The number of unbranched alkanes of at least 4 members (excludes halogenated alkanes) is 1. The molecule has 0 unspecified atom stereocenters. The van der Waals surface area contributed by atoms with Crippen LogP contribution in [0.15, 0.2) is 43.0 Å². The average Bonchev–Trinajstić information content (AvgIpc) is 3.35. The molecular weight excluding hydrogens is 444 g/mol. The summed E-state index contributed by atoms with van der Waals surface area (Å²) in [5.74, 6) is 0.729. The Balaban J connectivity index is 1.92. The van der Waals surface area contributed by atoms with Crippen molar-refractivity contribution in [2.45, 2.75) is 46.3 Å². The van der Waals surface area contributed by atoms with Crippen LogP contribution in [0.25, 0.3) is 33.6 Å². The van der Waals surface area contributed by atoms with Gasteiger partial charge >= 0.3 is 5.97 Å². The minimum atomic E-state index is -0.424. The van der Waals surface area contributed by atoms with Gasteiger partial charge < -0.3 is 18.6 Å². The zero-order valence-electron chi connectivity index (χ0n) is 20.8. The van der Waals surface area contributed by atoms with Crippen LogP contribution < -0.4 is 4.74 Å². The first-order chi connectivity index (χ1) is 16.7. The molecule has 0 saturated heterocycles. The Morgan fingerprint density at radius 3 is 2.60 bits per heavy atom. The number of hydrogen-bond acceptors (Lipinski definition) is 6. The summed E-state index contributed by atoms with van der Waals surface area (Å²) in [7, 11) is 3.48. The number of imidazole rings is 1. The number of ketones is 1. The van der Waals surface area contributed by atoms with Crippen molar-refractivity contribution in [1.29, 1.82) is 0 Å². The van der Waals surface area contributed by atoms with Gasteiger partial charge in [0.25, 0.3) is 0 Å². The number of ether oxygens (including phenoxy) is 2. The summed E-state index contributed by atoms with van der Waals surface area (Å²) in [4.78, 5) is 34.1. The second-order valence-electron chi connectivity index (χ2n) is 8.77. The smallest absolute Gasteiger partial charge is 0.338 e. The lowest BCUT2D eigenvalue weighted by atomic mass is 10.2. The quantitative estimate of drug-likeness (QED) is 0.141. The van der Waals surface area contributed by atoms with Crippen molar-refractivity contribution in [3.05, 3.63) is 54.2 Å². The van der Waals surface area contributed by atoms with Crippen LogP contribution in [0.5, 0.6) is 5.75 Å². The van der Waals surface area contributed by atoms with Crippen LogP contribution >= 0.6 is 0 Å². The SMILES string of the molecule is C=CCCCn1c(-c2nc3cc(C(=O)OC(C)C)cc(OC)c3n2C)cc2ccc(C(C)=O)nc21. The van der Waals surface area contributed by atoms with Crippen molar-refractivity contribution < 1.29 is 19.1 Å². The molecule has 3 heterocycles. The largest absolute Gasteiger partial charge is 0.494 e. The van der Waals surface area contributed by atoms with Crippen LogP contribution in [0.4, 0.5) is 0 Å². The molecular formula is C27H30N4O4. The number of pyridine rings is 1. The number of fused-ring (bicyclic) bond motifs is 2. The number of aromatic nitrogens is 4. The number of carbonyl (C=O) groups is 2. The summed E-state index contributed by atoms with van der Waals surface area (Å²) in [6, 6.07) is 9.09. The Morgan fingerprint density at radius 1 is 1.17 bits per heavy atom. The van der Waals surface area contributed by atoms with Gasteiger partial charge in [-0.2, -0.15) is 0 Å². The van der Waals surface area contributed by atoms with Crippen molar-refractivity contribution in [1.82, 2.24) is 19.1 Å². The molecule has 0 N–H and O–H groups in total. The normalized spacial score (nSPS) is 11.4. The number of benzene rings is 1. The van der Waals surface area contributed by atoms with E-state index >= 15 is 0 Å². The minimum Gasteiger partial charge on any atom is -0.494 e. The monoisotopic (exact) mass is 474 g/mol. The number of esters is 1. The van der Waals surface area contributed by atoms with Gasteiger partial charge in [0.2, 0.25) is 0 Å². The van der Waals surface area contributed by atoms with Gasteiger partial charge in [-0.1, -0.05) is 6.08 Å². The van der Waals surface area contributed by atoms with Crippen molar-refractivity contribution in [2.24, 2.45) is 7.05 Å². The number of Topliss-reactive ketones (excluding diaryl/α,β-unsaturated/α-hetero) is 1. The molecule has 3 aromatic heterocycles. The average molecular weight is 475 g/mol. The standard InChI is InChI=1S/C27H30N4O4/c1-7-8-9-12-31-22(14-18-10-11-20(17(4)32)28-25(18)31)26-29-21-13-19(27(33)35-16(2)3)15-23(34-6)24(21)30(26)5/h7,10-11,13-16H,1,8-9,12H2,2-6H3. The minimum absolute atomic E-state index is 0.0828. The van der Waals surface area contributed by atoms with Gasteiger partial charge in [0.15, 0.2) is 11.6 Å². The van der Waals surface area contributed by atoms with E-state index in [1.807, 2.05) is 43.7 Å².